The van der Waals surface area contributed by atoms with Crippen molar-refractivity contribution >= 4 is 24.0 Å². The van der Waals surface area contributed by atoms with Crippen LogP contribution in [-0.4, -0.2) is 23.4 Å². The molecule has 0 aliphatic heterocycles. The van der Waals surface area contributed by atoms with Crippen LogP contribution in [0, 0.1) is 23.0 Å². The zero-order valence-electron chi connectivity index (χ0n) is 12.6. The van der Waals surface area contributed by atoms with Crippen molar-refractivity contribution in [3.8, 4) is 0 Å². The second kappa shape index (κ2) is 8.10. The molecule has 1 aliphatic rings. The average molecular weight is 328 g/mol. The Labute approximate surface area is 136 Å². The number of hydrogen-bond acceptors (Lipinski definition) is 4. The lowest BCUT2D eigenvalue weighted by Crippen LogP contribution is -2.44. The first-order valence-electron chi connectivity index (χ1n) is 7.29. The molecule has 0 spiro atoms. The van der Waals surface area contributed by atoms with Gasteiger partial charge in [-0.15, -0.1) is 12.4 Å². The first-order valence-corrected chi connectivity index (χ1v) is 7.29. The van der Waals surface area contributed by atoms with Gasteiger partial charge in [-0.05, 0) is 44.4 Å². The first kappa shape index (κ1) is 18.4. The molecule has 122 valence electrons. The quantitative estimate of drug-likeness (QED) is 0.656. The SMILES string of the molecule is Cc1cc(C(=O)NC2CCCCC2CN)ccc1[N+](=O)[O-].Cl. The lowest BCUT2D eigenvalue weighted by Gasteiger charge is -2.31. The Hall–Kier alpha value is -1.66. The molecular formula is C15H22ClN3O3. The summed E-state index contributed by atoms with van der Waals surface area (Å²) in [4.78, 5) is 22.6. The van der Waals surface area contributed by atoms with Crippen LogP contribution in [0.3, 0.4) is 0 Å². The molecule has 1 fully saturated rings. The van der Waals surface area contributed by atoms with Crippen molar-refractivity contribution in [3.63, 3.8) is 0 Å². The largest absolute Gasteiger partial charge is 0.349 e. The second-order valence-corrected chi connectivity index (χ2v) is 5.62. The molecule has 0 saturated heterocycles. The fourth-order valence-electron chi connectivity index (χ4n) is 2.93. The van der Waals surface area contributed by atoms with E-state index in [9.17, 15) is 14.9 Å². The zero-order chi connectivity index (χ0) is 15.4. The summed E-state index contributed by atoms with van der Waals surface area (Å²) < 4.78 is 0. The standard InChI is InChI=1S/C15H21N3O3.ClH/c1-10-8-11(6-7-14(10)18(20)21)15(19)17-13-5-3-2-4-12(13)9-16;/h6-8,12-13H,2-5,9,16H2,1H3,(H,17,19);1H. The van der Waals surface area contributed by atoms with Crippen LogP contribution >= 0.6 is 12.4 Å². The molecule has 0 heterocycles. The van der Waals surface area contributed by atoms with Crippen molar-refractivity contribution in [2.45, 2.75) is 38.6 Å². The minimum absolute atomic E-state index is 0. The monoisotopic (exact) mass is 327 g/mol. The Bertz CT molecular complexity index is 551. The van der Waals surface area contributed by atoms with E-state index in [-0.39, 0.29) is 30.0 Å². The summed E-state index contributed by atoms with van der Waals surface area (Å²) in [6.45, 7) is 2.21. The molecule has 2 rings (SSSR count). The zero-order valence-corrected chi connectivity index (χ0v) is 13.4. The van der Waals surface area contributed by atoms with Crippen molar-refractivity contribution in [2.24, 2.45) is 11.7 Å². The molecule has 0 radical (unpaired) electrons. The van der Waals surface area contributed by atoms with E-state index >= 15 is 0 Å². The maximum Gasteiger partial charge on any atom is 0.272 e. The minimum atomic E-state index is -0.442. The molecule has 0 aromatic heterocycles. The third-order valence-corrected chi connectivity index (χ3v) is 4.18. The highest BCUT2D eigenvalue weighted by Crippen LogP contribution is 2.24. The maximum absolute atomic E-state index is 12.3. The molecular weight excluding hydrogens is 306 g/mol. The number of nitro groups is 1. The van der Waals surface area contributed by atoms with E-state index in [0.717, 1.165) is 25.7 Å². The Morgan fingerprint density at radius 1 is 1.41 bits per heavy atom. The van der Waals surface area contributed by atoms with Gasteiger partial charge in [-0.2, -0.15) is 0 Å². The summed E-state index contributed by atoms with van der Waals surface area (Å²) in [6.07, 6.45) is 4.24. The fraction of sp³-hybridized carbons (Fsp3) is 0.533. The van der Waals surface area contributed by atoms with E-state index in [2.05, 4.69) is 5.32 Å². The van der Waals surface area contributed by atoms with Gasteiger partial charge in [0.2, 0.25) is 0 Å². The number of carbonyl (C=O) groups is 1. The summed E-state index contributed by atoms with van der Waals surface area (Å²) in [7, 11) is 0. The van der Waals surface area contributed by atoms with Crippen LogP contribution in [0.1, 0.15) is 41.6 Å². The van der Waals surface area contributed by atoms with E-state index in [1.54, 1.807) is 13.0 Å². The van der Waals surface area contributed by atoms with Crippen LogP contribution in [0.15, 0.2) is 18.2 Å². The van der Waals surface area contributed by atoms with Crippen molar-refractivity contribution in [1.29, 1.82) is 0 Å². The first-order chi connectivity index (χ1) is 10.0. The van der Waals surface area contributed by atoms with Gasteiger partial charge in [0.15, 0.2) is 0 Å². The molecule has 1 saturated carbocycles. The summed E-state index contributed by atoms with van der Waals surface area (Å²) in [5.41, 5.74) is 6.74. The number of nitrogens with zero attached hydrogens (tertiary/aromatic N) is 1. The van der Waals surface area contributed by atoms with Crippen LogP contribution in [0.2, 0.25) is 0 Å². The van der Waals surface area contributed by atoms with E-state index in [1.165, 1.54) is 12.1 Å². The minimum Gasteiger partial charge on any atom is -0.349 e. The van der Waals surface area contributed by atoms with Gasteiger partial charge in [0.1, 0.15) is 0 Å². The predicted octanol–water partition coefficient (Wildman–Crippen LogP) is 2.57. The van der Waals surface area contributed by atoms with Gasteiger partial charge >= 0.3 is 0 Å². The van der Waals surface area contributed by atoms with Gasteiger partial charge in [-0.1, -0.05) is 12.8 Å². The summed E-state index contributed by atoms with van der Waals surface area (Å²) in [5, 5.41) is 13.8. The Kier molecular flexibility index (Phi) is 6.77. The van der Waals surface area contributed by atoms with E-state index in [4.69, 9.17) is 5.73 Å². The molecule has 2 atom stereocenters. The van der Waals surface area contributed by atoms with Gasteiger partial charge in [-0.3, -0.25) is 14.9 Å². The Morgan fingerprint density at radius 2 is 2.09 bits per heavy atom. The third kappa shape index (κ3) is 4.18. The van der Waals surface area contributed by atoms with Crippen LogP contribution in [0.25, 0.3) is 0 Å². The van der Waals surface area contributed by atoms with E-state index in [0.29, 0.717) is 23.6 Å². The molecule has 1 aromatic carbocycles. The Morgan fingerprint density at radius 3 is 2.68 bits per heavy atom. The van der Waals surface area contributed by atoms with Crippen LogP contribution in [-0.2, 0) is 0 Å². The number of halogens is 1. The van der Waals surface area contributed by atoms with E-state index in [1.807, 2.05) is 0 Å². The molecule has 1 aromatic rings. The molecule has 22 heavy (non-hydrogen) atoms. The van der Waals surface area contributed by atoms with Crippen molar-refractivity contribution in [2.75, 3.05) is 6.54 Å². The van der Waals surface area contributed by atoms with Crippen LogP contribution < -0.4 is 11.1 Å². The molecule has 1 aliphatic carbocycles. The molecule has 6 nitrogen and oxygen atoms in total. The third-order valence-electron chi connectivity index (χ3n) is 4.18. The highest BCUT2D eigenvalue weighted by Gasteiger charge is 2.26. The number of carbonyl (C=O) groups excluding carboxylic acids is 1. The van der Waals surface area contributed by atoms with Gasteiger partial charge in [0.25, 0.3) is 11.6 Å². The van der Waals surface area contributed by atoms with Gasteiger partial charge in [0, 0.05) is 23.2 Å². The Balaban J connectivity index is 0.00000242. The topological polar surface area (TPSA) is 98.3 Å². The smallest absolute Gasteiger partial charge is 0.272 e. The van der Waals surface area contributed by atoms with Crippen molar-refractivity contribution in [3.05, 3.63) is 39.4 Å². The number of rotatable bonds is 4. The predicted molar refractivity (Wildman–Crippen MR) is 87.3 cm³/mol. The molecule has 0 bridgehead atoms. The number of nitrogens with one attached hydrogen (secondary N) is 1. The lowest BCUT2D eigenvalue weighted by atomic mass is 9.84. The summed E-state index contributed by atoms with van der Waals surface area (Å²) in [6, 6.07) is 4.55. The second-order valence-electron chi connectivity index (χ2n) is 5.62. The number of aryl methyl sites for hydroxylation is 1. The van der Waals surface area contributed by atoms with Crippen LogP contribution in [0.4, 0.5) is 5.69 Å². The molecule has 2 unspecified atom stereocenters. The van der Waals surface area contributed by atoms with Gasteiger partial charge < -0.3 is 11.1 Å². The van der Waals surface area contributed by atoms with E-state index < -0.39 is 4.92 Å². The normalized spacial score (nSPS) is 20.8. The van der Waals surface area contributed by atoms with Crippen molar-refractivity contribution < 1.29 is 9.72 Å². The van der Waals surface area contributed by atoms with Gasteiger partial charge in [0.05, 0.1) is 4.92 Å². The number of benzene rings is 1. The maximum atomic E-state index is 12.3. The highest BCUT2D eigenvalue weighted by atomic mass is 35.5. The number of amides is 1. The molecule has 7 heteroatoms. The summed E-state index contributed by atoms with van der Waals surface area (Å²) >= 11 is 0. The number of nitro benzene ring substituents is 1. The molecule has 3 N–H and O–H groups in total. The number of hydrogen-bond donors (Lipinski definition) is 2. The van der Waals surface area contributed by atoms with Crippen molar-refractivity contribution in [1.82, 2.24) is 5.32 Å². The average Bonchev–Trinajstić information content (AvgIpc) is 2.47. The highest BCUT2D eigenvalue weighted by molar-refractivity contribution is 5.94. The number of nitrogens with two attached hydrogens (primary N) is 1. The van der Waals surface area contributed by atoms with Crippen LogP contribution in [0.5, 0.6) is 0 Å². The summed E-state index contributed by atoms with van der Waals surface area (Å²) in [5.74, 6) is 0.139. The lowest BCUT2D eigenvalue weighted by molar-refractivity contribution is -0.385. The fourth-order valence-corrected chi connectivity index (χ4v) is 2.93. The van der Waals surface area contributed by atoms with Gasteiger partial charge in [-0.25, -0.2) is 0 Å². The molecule has 1 amide bonds.